The Hall–Kier alpha value is -3.69. The molecule has 7 aromatic rings. The highest BCUT2D eigenvalue weighted by Gasteiger charge is 2.25. The lowest BCUT2D eigenvalue weighted by Crippen LogP contribution is -2.19. The van der Waals surface area contributed by atoms with Crippen molar-refractivity contribution in [2.75, 3.05) is 0 Å². The van der Waals surface area contributed by atoms with Crippen molar-refractivity contribution >= 4 is 67.0 Å². The first-order chi connectivity index (χ1) is 18.4. The van der Waals surface area contributed by atoms with E-state index in [2.05, 4.69) is 137 Å². The Morgan fingerprint density at radius 1 is 0.568 bits per heavy atom. The van der Waals surface area contributed by atoms with E-state index in [1.54, 1.807) is 0 Å². The zero-order chi connectivity index (χ0) is 24.6. The standard InChI is InChI=1S/C32H21N2PS2/c1-3-13-23(14-4-1)35(24-15-5-2-6-16-24)32-28(26-18-9-12-22-11-7-8-17-25(22)26)21-30(36-32)27-19-10-20-29-31(27)33-34-37-29/h1-21H. The average molecular weight is 529 g/mol. The summed E-state index contributed by atoms with van der Waals surface area (Å²) in [4.78, 5) is 1.23. The smallest absolute Gasteiger partial charge is 0.114 e. The molecule has 0 fully saturated rings. The van der Waals surface area contributed by atoms with E-state index in [0.29, 0.717) is 0 Å². The maximum Gasteiger partial charge on any atom is 0.114 e. The van der Waals surface area contributed by atoms with E-state index in [1.807, 2.05) is 11.3 Å². The molecule has 0 atom stereocenters. The number of nitrogens with zero attached hydrogens (tertiary/aromatic N) is 2. The van der Waals surface area contributed by atoms with Gasteiger partial charge in [0.1, 0.15) is 5.52 Å². The van der Waals surface area contributed by atoms with Gasteiger partial charge >= 0.3 is 0 Å². The van der Waals surface area contributed by atoms with Gasteiger partial charge in [0.25, 0.3) is 0 Å². The van der Waals surface area contributed by atoms with Gasteiger partial charge in [-0.15, -0.1) is 16.4 Å². The first kappa shape index (κ1) is 22.5. The normalized spacial score (nSPS) is 11.5. The summed E-state index contributed by atoms with van der Waals surface area (Å²) in [5.74, 6) is 0. The first-order valence-corrected chi connectivity index (χ1v) is 15.0. The Labute approximate surface area is 224 Å². The van der Waals surface area contributed by atoms with E-state index in [9.17, 15) is 0 Å². The second-order valence-corrected chi connectivity index (χ2v) is 13.1. The molecule has 176 valence electrons. The second kappa shape index (κ2) is 9.64. The Morgan fingerprint density at radius 2 is 1.22 bits per heavy atom. The third kappa shape index (κ3) is 4.08. The van der Waals surface area contributed by atoms with E-state index in [0.717, 1.165) is 15.8 Å². The number of aromatic nitrogens is 2. The fourth-order valence-electron chi connectivity index (χ4n) is 4.87. The van der Waals surface area contributed by atoms with E-state index in [-0.39, 0.29) is 0 Å². The monoisotopic (exact) mass is 528 g/mol. The van der Waals surface area contributed by atoms with Gasteiger partial charge in [-0.05, 0) is 58.5 Å². The summed E-state index contributed by atoms with van der Waals surface area (Å²) in [6, 6.07) is 46.0. The molecule has 0 saturated carbocycles. The van der Waals surface area contributed by atoms with Crippen LogP contribution in [0.15, 0.2) is 127 Å². The zero-order valence-electron chi connectivity index (χ0n) is 19.8. The highest BCUT2D eigenvalue weighted by molar-refractivity contribution is 7.84. The van der Waals surface area contributed by atoms with E-state index in [1.165, 1.54) is 53.5 Å². The number of benzene rings is 5. The lowest BCUT2D eigenvalue weighted by molar-refractivity contribution is 1.20. The molecule has 5 aromatic carbocycles. The molecule has 2 nitrogen and oxygen atoms in total. The van der Waals surface area contributed by atoms with Crippen LogP contribution in [0.4, 0.5) is 0 Å². The summed E-state index contributed by atoms with van der Waals surface area (Å²) >= 11 is 3.35. The van der Waals surface area contributed by atoms with E-state index in [4.69, 9.17) is 0 Å². The van der Waals surface area contributed by atoms with Crippen LogP contribution >= 0.6 is 30.8 Å². The molecule has 0 N–H and O–H groups in total. The molecule has 2 aromatic heterocycles. The van der Waals surface area contributed by atoms with Gasteiger partial charge in [0.05, 0.1) is 4.70 Å². The van der Waals surface area contributed by atoms with Crippen molar-refractivity contribution in [1.82, 2.24) is 9.59 Å². The summed E-state index contributed by atoms with van der Waals surface area (Å²) in [6.45, 7) is 0. The summed E-state index contributed by atoms with van der Waals surface area (Å²) in [6.07, 6.45) is 0. The van der Waals surface area contributed by atoms with Crippen molar-refractivity contribution in [1.29, 1.82) is 0 Å². The van der Waals surface area contributed by atoms with Gasteiger partial charge in [0.2, 0.25) is 0 Å². The van der Waals surface area contributed by atoms with Crippen LogP contribution in [0.5, 0.6) is 0 Å². The van der Waals surface area contributed by atoms with Crippen LogP contribution in [0.2, 0.25) is 0 Å². The molecule has 0 aliphatic heterocycles. The SMILES string of the molecule is c1ccc(P(c2ccccc2)c2sc(-c3cccc4snnc34)cc2-c2cccc3ccccc23)cc1. The summed E-state index contributed by atoms with van der Waals surface area (Å²) in [5.41, 5.74) is 4.71. The minimum Gasteiger partial charge on any atom is -0.137 e. The van der Waals surface area contributed by atoms with Gasteiger partial charge in [-0.25, -0.2) is 0 Å². The molecular formula is C32H21N2PS2. The summed E-state index contributed by atoms with van der Waals surface area (Å²) < 4.78 is 6.77. The van der Waals surface area contributed by atoms with Gasteiger partial charge in [-0.3, -0.25) is 0 Å². The number of hydrogen-bond acceptors (Lipinski definition) is 4. The highest BCUT2D eigenvalue weighted by atomic mass is 32.1. The topological polar surface area (TPSA) is 25.8 Å². The minimum absolute atomic E-state index is 0.762. The van der Waals surface area contributed by atoms with Gasteiger partial charge < -0.3 is 0 Å². The number of hydrogen-bond donors (Lipinski definition) is 0. The first-order valence-electron chi connectivity index (χ1n) is 12.1. The maximum absolute atomic E-state index is 4.50. The van der Waals surface area contributed by atoms with Gasteiger partial charge in [0, 0.05) is 20.6 Å². The molecule has 0 radical (unpaired) electrons. The Bertz CT molecular complexity index is 1800. The predicted molar refractivity (Wildman–Crippen MR) is 162 cm³/mol. The Kier molecular flexibility index (Phi) is 5.87. The third-order valence-corrected chi connectivity index (χ3v) is 11.3. The molecule has 0 aliphatic carbocycles. The van der Waals surface area contributed by atoms with E-state index >= 15 is 0 Å². The molecule has 5 heteroatoms. The Balaban J connectivity index is 1.54. The van der Waals surface area contributed by atoms with Crippen LogP contribution in [0, 0.1) is 0 Å². The predicted octanol–water partition coefficient (Wildman–Crippen LogP) is 8.00. The number of rotatable bonds is 5. The quantitative estimate of drug-likeness (QED) is 0.212. The fourth-order valence-corrected chi connectivity index (χ4v) is 9.83. The van der Waals surface area contributed by atoms with Gasteiger partial charge in [-0.2, -0.15) is 0 Å². The third-order valence-electron chi connectivity index (χ3n) is 6.57. The molecule has 0 unspecified atom stereocenters. The number of fused-ring (bicyclic) bond motifs is 2. The van der Waals surface area contributed by atoms with Gasteiger partial charge in [-0.1, -0.05) is 120 Å². The van der Waals surface area contributed by atoms with Crippen LogP contribution in [0.3, 0.4) is 0 Å². The summed E-state index contributed by atoms with van der Waals surface area (Å²) in [5, 5.41) is 9.74. The molecule has 37 heavy (non-hydrogen) atoms. The van der Waals surface area contributed by atoms with Crippen molar-refractivity contribution in [3.63, 3.8) is 0 Å². The van der Waals surface area contributed by atoms with Crippen molar-refractivity contribution in [2.45, 2.75) is 0 Å². The van der Waals surface area contributed by atoms with Crippen molar-refractivity contribution in [2.24, 2.45) is 0 Å². The molecule has 0 saturated heterocycles. The molecular weight excluding hydrogens is 507 g/mol. The van der Waals surface area contributed by atoms with Crippen LogP contribution in [-0.2, 0) is 0 Å². The molecule has 2 heterocycles. The largest absolute Gasteiger partial charge is 0.137 e. The molecule has 0 spiro atoms. The summed E-state index contributed by atoms with van der Waals surface area (Å²) in [7, 11) is -0.762. The number of thiophene rings is 1. The highest BCUT2D eigenvalue weighted by Crippen LogP contribution is 2.45. The lowest BCUT2D eigenvalue weighted by Gasteiger charge is -2.20. The average Bonchev–Trinajstić information content (AvgIpc) is 3.62. The molecule has 0 bridgehead atoms. The van der Waals surface area contributed by atoms with Crippen LogP contribution in [-0.4, -0.2) is 9.59 Å². The van der Waals surface area contributed by atoms with E-state index < -0.39 is 7.92 Å². The van der Waals surface area contributed by atoms with Gasteiger partial charge in [0.15, 0.2) is 0 Å². The maximum atomic E-state index is 4.50. The van der Waals surface area contributed by atoms with Crippen molar-refractivity contribution in [3.05, 3.63) is 127 Å². The zero-order valence-corrected chi connectivity index (χ0v) is 22.3. The van der Waals surface area contributed by atoms with Crippen LogP contribution in [0.1, 0.15) is 0 Å². The molecule has 0 aliphatic rings. The lowest BCUT2D eigenvalue weighted by atomic mass is 9.99. The minimum atomic E-state index is -0.762. The fraction of sp³-hybridized carbons (Fsp3) is 0. The van der Waals surface area contributed by atoms with Crippen molar-refractivity contribution in [3.8, 4) is 21.6 Å². The second-order valence-electron chi connectivity index (χ2n) is 8.79. The molecule has 7 rings (SSSR count). The Morgan fingerprint density at radius 3 is 2.00 bits per heavy atom. The van der Waals surface area contributed by atoms with Crippen molar-refractivity contribution < 1.29 is 0 Å². The van der Waals surface area contributed by atoms with Crippen LogP contribution < -0.4 is 15.2 Å². The molecule has 0 amide bonds. The van der Waals surface area contributed by atoms with Crippen LogP contribution in [0.25, 0.3) is 42.6 Å².